The molecule has 1 fully saturated rings. The second kappa shape index (κ2) is 8.56. The Bertz CT molecular complexity index is 717. The van der Waals surface area contributed by atoms with Crippen molar-refractivity contribution in [3.05, 3.63) is 29.3 Å². The van der Waals surface area contributed by atoms with Crippen molar-refractivity contribution in [3.63, 3.8) is 0 Å². The lowest BCUT2D eigenvalue weighted by Gasteiger charge is -2.29. The van der Waals surface area contributed by atoms with Crippen molar-refractivity contribution >= 4 is 27.5 Å². The van der Waals surface area contributed by atoms with Crippen LogP contribution in [0.2, 0.25) is 0 Å². The van der Waals surface area contributed by atoms with E-state index in [2.05, 4.69) is 26.0 Å². The van der Waals surface area contributed by atoms with Crippen molar-refractivity contribution in [1.29, 1.82) is 0 Å². The number of rotatable bonds is 7. The van der Waals surface area contributed by atoms with Crippen molar-refractivity contribution in [3.8, 4) is 0 Å². The Morgan fingerprint density at radius 1 is 1.20 bits per heavy atom. The summed E-state index contributed by atoms with van der Waals surface area (Å²) in [5.41, 5.74) is 2.45. The van der Waals surface area contributed by atoms with E-state index in [-0.39, 0.29) is 23.5 Å². The average molecular weight is 385 g/mol. The molecule has 0 spiro atoms. The number of sulfone groups is 1. The van der Waals surface area contributed by atoms with Gasteiger partial charge in [-0.1, -0.05) is 6.07 Å². The van der Waals surface area contributed by atoms with Gasteiger partial charge in [0.25, 0.3) is 0 Å². The van der Waals surface area contributed by atoms with Gasteiger partial charge in [-0.3, -0.25) is 4.79 Å². The second-order valence-electron chi connectivity index (χ2n) is 6.98. The molecule has 140 valence electrons. The SMILES string of the molecule is Cc1ccc(SCC(=O)N(CCN(C)C)[C@@H]2CCS(=O)(=O)C2)cc1C. The third-order valence-corrected chi connectivity index (χ3v) is 7.33. The van der Waals surface area contributed by atoms with Gasteiger partial charge in [-0.15, -0.1) is 11.8 Å². The Morgan fingerprint density at radius 3 is 2.48 bits per heavy atom. The maximum atomic E-state index is 12.8. The van der Waals surface area contributed by atoms with E-state index < -0.39 is 9.84 Å². The van der Waals surface area contributed by atoms with E-state index in [1.54, 1.807) is 4.90 Å². The van der Waals surface area contributed by atoms with Crippen LogP contribution in [0.3, 0.4) is 0 Å². The minimum Gasteiger partial charge on any atom is -0.337 e. The normalized spacial score (nSPS) is 19.3. The molecule has 1 heterocycles. The zero-order valence-corrected chi connectivity index (χ0v) is 17.1. The number of carbonyl (C=O) groups is 1. The van der Waals surface area contributed by atoms with Crippen LogP contribution in [0.4, 0.5) is 0 Å². The molecular formula is C18H28N2O3S2. The molecule has 1 aliphatic heterocycles. The third kappa shape index (κ3) is 6.01. The summed E-state index contributed by atoms with van der Waals surface area (Å²) in [4.78, 5) is 17.6. The Kier molecular flexibility index (Phi) is 6.93. The monoisotopic (exact) mass is 384 g/mol. The minimum atomic E-state index is -3.00. The van der Waals surface area contributed by atoms with Crippen molar-refractivity contribution in [2.45, 2.75) is 31.2 Å². The topological polar surface area (TPSA) is 57.7 Å². The van der Waals surface area contributed by atoms with Gasteiger partial charge < -0.3 is 9.80 Å². The molecule has 1 amide bonds. The molecular weight excluding hydrogens is 356 g/mol. The number of benzene rings is 1. The first-order valence-electron chi connectivity index (χ1n) is 8.52. The highest BCUT2D eigenvalue weighted by atomic mass is 32.2. The number of carbonyl (C=O) groups excluding carboxylic acids is 1. The number of thioether (sulfide) groups is 1. The zero-order valence-electron chi connectivity index (χ0n) is 15.5. The molecule has 7 heteroatoms. The number of aryl methyl sites for hydroxylation is 2. The standard InChI is InChI=1S/C18H28N2O3S2/c1-14-5-6-17(11-15(14)2)24-12-18(21)20(9-8-19(3)4)16-7-10-25(22,23)13-16/h5-6,11,16H,7-10,12-13H2,1-4H3/t16-/m1/s1. The van der Waals surface area contributed by atoms with Crippen LogP contribution in [0.5, 0.6) is 0 Å². The highest BCUT2D eigenvalue weighted by molar-refractivity contribution is 8.00. The maximum absolute atomic E-state index is 12.8. The number of amides is 1. The molecule has 1 atom stereocenters. The minimum absolute atomic E-state index is 0.0205. The van der Waals surface area contributed by atoms with Gasteiger partial charge in [-0.25, -0.2) is 8.42 Å². The Hall–Kier alpha value is -1.05. The van der Waals surface area contributed by atoms with Crippen LogP contribution in [-0.2, 0) is 14.6 Å². The molecule has 0 aromatic heterocycles. The molecule has 0 bridgehead atoms. The average Bonchev–Trinajstić information content (AvgIpc) is 2.88. The van der Waals surface area contributed by atoms with E-state index in [9.17, 15) is 13.2 Å². The first-order chi connectivity index (χ1) is 11.7. The zero-order chi connectivity index (χ0) is 18.6. The molecule has 0 unspecified atom stereocenters. The van der Waals surface area contributed by atoms with Crippen LogP contribution in [-0.4, -0.2) is 74.6 Å². The van der Waals surface area contributed by atoms with Gasteiger partial charge in [0.05, 0.1) is 17.3 Å². The van der Waals surface area contributed by atoms with Crippen LogP contribution in [0, 0.1) is 13.8 Å². The lowest BCUT2D eigenvalue weighted by atomic mass is 10.1. The summed E-state index contributed by atoms with van der Waals surface area (Å²) in [6.45, 7) is 5.43. The molecule has 1 aromatic rings. The van der Waals surface area contributed by atoms with Gasteiger partial charge in [-0.05, 0) is 57.6 Å². The Labute approximate surface area is 155 Å². The maximum Gasteiger partial charge on any atom is 0.233 e. The van der Waals surface area contributed by atoms with Gasteiger partial charge in [-0.2, -0.15) is 0 Å². The molecule has 1 aliphatic rings. The van der Waals surface area contributed by atoms with Crippen LogP contribution >= 0.6 is 11.8 Å². The second-order valence-corrected chi connectivity index (χ2v) is 10.3. The largest absolute Gasteiger partial charge is 0.337 e. The number of likely N-dealkylation sites (N-methyl/N-ethyl adjacent to an activating group) is 1. The van der Waals surface area contributed by atoms with Crippen molar-refractivity contribution < 1.29 is 13.2 Å². The fourth-order valence-corrected chi connectivity index (χ4v) is 5.48. The highest BCUT2D eigenvalue weighted by Crippen LogP contribution is 2.23. The lowest BCUT2D eigenvalue weighted by Crippen LogP contribution is -2.45. The predicted octanol–water partition coefficient (Wildman–Crippen LogP) is 1.97. The van der Waals surface area contributed by atoms with E-state index in [0.717, 1.165) is 11.4 Å². The molecule has 2 rings (SSSR count). The quantitative estimate of drug-likeness (QED) is 0.673. The summed E-state index contributed by atoms with van der Waals surface area (Å²) in [5, 5.41) is 0. The summed E-state index contributed by atoms with van der Waals surface area (Å²) >= 11 is 1.52. The number of hydrogen-bond acceptors (Lipinski definition) is 5. The lowest BCUT2D eigenvalue weighted by molar-refractivity contribution is -0.130. The fraction of sp³-hybridized carbons (Fsp3) is 0.611. The summed E-state index contributed by atoms with van der Waals surface area (Å²) in [5.74, 6) is 0.646. The van der Waals surface area contributed by atoms with Crippen molar-refractivity contribution in [2.24, 2.45) is 0 Å². The van der Waals surface area contributed by atoms with Crippen LogP contribution in [0.15, 0.2) is 23.1 Å². The van der Waals surface area contributed by atoms with Gasteiger partial charge in [0.15, 0.2) is 9.84 Å². The highest BCUT2D eigenvalue weighted by Gasteiger charge is 2.34. The summed E-state index contributed by atoms with van der Waals surface area (Å²) < 4.78 is 23.6. The fourth-order valence-electron chi connectivity index (χ4n) is 2.87. The number of nitrogens with zero attached hydrogens (tertiary/aromatic N) is 2. The van der Waals surface area contributed by atoms with E-state index >= 15 is 0 Å². The molecule has 1 aromatic carbocycles. The first kappa shape index (κ1) is 20.3. The van der Waals surface area contributed by atoms with Crippen molar-refractivity contribution in [2.75, 3.05) is 44.4 Å². The molecule has 0 N–H and O–H groups in total. The smallest absolute Gasteiger partial charge is 0.233 e. The van der Waals surface area contributed by atoms with Gasteiger partial charge >= 0.3 is 0 Å². The first-order valence-corrected chi connectivity index (χ1v) is 11.3. The molecule has 0 saturated carbocycles. The molecule has 0 radical (unpaired) electrons. The molecule has 1 saturated heterocycles. The van der Waals surface area contributed by atoms with E-state index in [0.29, 0.717) is 18.7 Å². The number of hydrogen-bond donors (Lipinski definition) is 0. The molecule has 0 aliphatic carbocycles. The van der Waals surface area contributed by atoms with Gasteiger partial charge in [0, 0.05) is 24.0 Å². The Morgan fingerprint density at radius 2 is 1.92 bits per heavy atom. The molecule has 5 nitrogen and oxygen atoms in total. The summed E-state index contributed by atoms with van der Waals surface area (Å²) in [7, 11) is 0.908. The van der Waals surface area contributed by atoms with Gasteiger partial charge in [0.1, 0.15) is 0 Å². The summed E-state index contributed by atoms with van der Waals surface area (Å²) in [6, 6.07) is 6.01. The van der Waals surface area contributed by atoms with E-state index in [1.807, 2.05) is 25.1 Å². The third-order valence-electron chi connectivity index (χ3n) is 4.60. The van der Waals surface area contributed by atoms with Crippen LogP contribution in [0.1, 0.15) is 17.5 Å². The van der Waals surface area contributed by atoms with E-state index in [4.69, 9.17) is 0 Å². The van der Waals surface area contributed by atoms with Crippen LogP contribution < -0.4 is 0 Å². The van der Waals surface area contributed by atoms with E-state index in [1.165, 1.54) is 22.9 Å². The van der Waals surface area contributed by atoms with Crippen LogP contribution in [0.25, 0.3) is 0 Å². The summed E-state index contributed by atoms with van der Waals surface area (Å²) in [6.07, 6.45) is 0.551. The Balaban J connectivity index is 2.02. The predicted molar refractivity (Wildman–Crippen MR) is 104 cm³/mol. The molecule has 25 heavy (non-hydrogen) atoms. The van der Waals surface area contributed by atoms with Gasteiger partial charge in [0.2, 0.25) is 5.91 Å². The van der Waals surface area contributed by atoms with Crippen molar-refractivity contribution in [1.82, 2.24) is 9.80 Å².